The van der Waals surface area contributed by atoms with Crippen molar-refractivity contribution in [3.8, 4) is 0 Å². The van der Waals surface area contributed by atoms with Crippen LogP contribution in [0.25, 0.3) is 0 Å². The summed E-state index contributed by atoms with van der Waals surface area (Å²) >= 11 is 0. The van der Waals surface area contributed by atoms with Gasteiger partial charge >= 0.3 is 5.97 Å². The predicted molar refractivity (Wildman–Crippen MR) is 97.6 cm³/mol. The van der Waals surface area contributed by atoms with E-state index in [1.54, 1.807) is 24.3 Å². The van der Waals surface area contributed by atoms with E-state index in [1.165, 1.54) is 57.4 Å². The molecule has 0 aliphatic rings. The summed E-state index contributed by atoms with van der Waals surface area (Å²) in [5.74, 6) is -0.709. The molecule has 0 saturated heterocycles. The van der Waals surface area contributed by atoms with E-state index >= 15 is 0 Å². The molecule has 0 unspecified atom stereocenters. The summed E-state index contributed by atoms with van der Waals surface area (Å²) in [6, 6.07) is 0. The van der Waals surface area contributed by atoms with Gasteiger partial charge in [0, 0.05) is 6.08 Å². The standard InChI is InChI=1S/C20H32O3/c1-2-3-4-5-6-7-8-9-10-13-16-19(21)17-14-11-12-15-18-20(22)23/h11-12,14-18,21H,2-10,13H2,1H3,(H,22,23)/b12-11+,17-14+,18-15+,19-16-. The molecule has 0 fully saturated rings. The maximum Gasteiger partial charge on any atom is 0.328 e. The molecule has 3 heteroatoms. The number of allylic oxidation sites excluding steroid dienone is 6. The molecule has 0 aliphatic carbocycles. The van der Waals surface area contributed by atoms with Crippen LogP contribution in [0, 0.1) is 0 Å². The van der Waals surface area contributed by atoms with Gasteiger partial charge in [0.05, 0.1) is 0 Å². The Bertz CT molecular complexity index is 403. The van der Waals surface area contributed by atoms with Crippen molar-refractivity contribution in [3.63, 3.8) is 0 Å². The van der Waals surface area contributed by atoms with Crippen LogP contribution in [-0.2, 0) is 4.79 Å². The van der Waals surface area contributed by atoms with Crippen LogP contribution in [0.5, 0.6) is 0 Å². The van der Waals surface area contributed by atoms with Crippen LogP contribution in [0.2, 0.25) is 0 Å². The van der Waals surface area contributed by atoms with Crippen LogP contribution in [0.1, 0.15) is 71.1 Å². The van der Waals surface area contributed by atoms with E-state index in [9.17, 15) is 9.90 Å². The van der Waals surface area contributed by atoms with Gasteiger partial charge < -0.3 is 10.2 Å². The van der Waals surface area contributed by atoms with Gasteiger partial charge in [-0.05, 0) is 25.0 Å². The first-order valence-electron chi connectivity index (χ1n) is 8.80. The topological polar surface area (TPSA) is 57.5 Å². The van der Waals surface area contributed by atoms with Crippen LogP contribution in [0.4, 0.5) is 0 Å². The van der Waals surface area contributed by atoms with Gasteiger partial charge in [-0.3, -0.25) is 0 Å². The molecule has 130 valence electrons. The average molecular weight is 320 g/mol. The van der Waals surface area contributed by atoms with Crippen molar-refractivity contribution >= 4 is 5.97 Å². The Morgan fingerprint density at radius 2 is 1.26 bits per heavy atom. The minimum Gasteiger partial charge on any atom is -0.508 e. The van der Waals surface area contributed by atoms with Gasteiger partial charge in [-0.1, -0.05) is 82.6 Å². The number of unbranched alkanes of at least 4 members (excludes halogenated alkanes) is 9. The second-order valence-corrected chi connectivity index (χ2v) is 5.69. The lowest BCUT2D eigenvalue weighted by Gasteiger charge is -2.00. The molecule has 0 spiro atoms. The van der Waals surface area contributed by atoms with Crippen LogP contribution < -0.4 is 0 Å². The number of aliphatic hydroxyl groups excluding tert-OH is 1. The van der Waals surface area contributed by atoms with Crippen molar-refractivity contribution in [1.29, 1.82) is 0 Å². The van der Waals surface area contributed by atoms with Crippen molar-refractivity contribution in [3.05, 3.63) is 48.3 Å². The summed E-state index contributed by atoms with van der Waals surface area (Å²) in [5.41, 5.74) is 0. The Kier molecular flexibility index (Phi) is 15.3. The van der Waals surface area contributed by atoms with E-state index in [4.69, 9.17) is 5.11 Å². The summed E-state index contributed by atoms with van der Waals surface area (Å²) in [7, 11) is 0. The first kappa shape index (κ1) is 21.2. The van der Waals surface area contributed by atoms with Gasteiger partial charge in [-0.2, -0.15) is 0 Å². The van der Waals surface area contributed by atoms with Gasteiger partial charge in [0.1, 0.15) is 5.76 Å². The van der Waals surface area contributed by atoms with Gasteiger partial charge in [-0.25, -0.2) is 4.79 Å². The van der Waals surface area contributed by atoms with Crippen LogP contribution in [0.15, 0.2) is 48.3 Å². The molecule has 0 amide bonds. The Labute approximate surface area is 141 Å². The zero-order chi connectivity index (χ0) is 17.2. The molecule has 0 aliphatic heterocycles. The van der Waals surface area contributed by atoms with E-state index in [2.05, 4.69) is 6.92 Å². The van der Waals surface area contributed by atoms with Gasteiger partial charge in [0.25, 0.3) is 0 Å². The maximum absolute atomic E-state index is 10.2. The smallest absolute Gasteiger partial charge is 0.328 e. The zero-order valence-corrected chi connectivity index (χ0v) is 14.4. The highest BCUT2D eigenvalue weighted by Crippen LogP contribution is 2.11. The molecule has 0 aromatic carbocycles. The number of hydrogen-bond acceptors (Lipinski definition) is 2. The lowest BCUT2D eigenvalue weighted by Crippen LogP contribution is -1.84. The fraction of sp³-hybridized carbons (Fsp3) is 0.550. The molecule has 0 bridgehead atoms. The first-order valence-corrected chi connectivity index (χ1v) is 8.80. The molecule has 0 saturated carbocycles. The number of aliphatic hydroxyl groups is 1. The molecular formula is C20H32O3. The van der Waals surface area contributed by atoms with Crippen LogP contribution in [-0.4, -0.2) is 16.2 Å². The minimum absolute atomic E-state index is 0.261. The molecule has 0 rings (SSSR count). The lowest BCUT2D eigenvalue weighted by atomic mass is 10.1. The second-order valence-electron chi connectivity index (χ2n) is 5.69. The molecule has 23 heavy (non-hydrogen) atoms. The van der Waals surface area contributed by atoms with Crippen molar-refractivity contribution < 1.29 is 15.0 Å². The highest BCUT2D eigenvalue weighted by atomic mass is 16.4. The Morgan fingerprint density at radius 1 is 0.739 bits per heavy atom. The fourth-order valence-corrected chi connectivity index (χ4v) is 2.19. The van der Waals surface area contributed by atoms with Crippen LogP contribution in [0.3, 0.4) is 0 Å². The molecule has 0 aromatic heterocycles. The number of carbonyl (C=O) groups is 1. The van der Waals surface area contributed by atoms with Crippen molar-refractivity contribution in [1.82, 2.24) is 0 Å². The fourth-order valence-electron chi connectivity index (χ4n) is 2.19. The van der Waals surface area contributed by atoms with E-state index < -0.39 is 5.97 Å². The lowest BCUT2D eigenvalue weighted by molar-refractivity contribution is -0.131. The maximum atomic E-state index is 10.2. The third-order valence-electron chi connectivity index (χ3n) is 3.50. The monoisotopic (exact) mass is 320 g/mol. The Morgan fingerprint density at radius 3 is 1.83 bits per heavy atom. The predicted octanol–water partition coefficient (Wildman–Crippen LogP) is 6.10. The van der Waals surface area contributed by atoms with E-state index in [0.29, 0.717) is 0 Å². The van der Waals surface area contributed by atoms with Gasteiger partial charge in [0.2, 0.25) is 0 Å². The van der Waals surface area contributed by atoms with Crippen LogP contribution >= 0.6 is 0 Å². The number of carboxylic acid groups (broad SMARTS) is 1. The second kappa shape index (κ2) is 16.6. The van der Waals surface area contributed by atoms with Crippen molar-refractivity contribution in [2.24, 2.45) is 0 Å². The van der Waals surface area contributed by atoms with Crippen molar-refractivity contribution in [2.45, 2.75) is 71.1 Å². The van der Waals surface area contributed by atoms with E-state index in [1.807, 2.05) is 6.08 Å². The van der Waals surface area contributed by atoms with E-state index in [0.717, 1.165) is 18.9 Å². The number of aliphatic carboxylic acids is 1. The molecule has 3 nitrogen and oxygen atoms in total. The third-order valence-corrected chi connectivity index (χ3v) is 3.50. The zero-order valence-electron chi connectivity index (χ0n) is 14.4. The average Bonchev–Trinajstić information content (AvgIpc) is 2.52. The molecule has 0 atom stereocenters. The normalized spacial score (nSPS) is 12.8. The quantitative estimate of drug-likeness (QED) is 0.176. The SMILES string of the molecule is CCCCCCCCCCC/C=C(O)/C=C/C=C/C=C/C(=O)O. The summed E-state index contributed by atoms with van der Waals surface area (Å²) < 4.78 is 0. The first-order chi connectivity index (χ1) is 11.2. The summed E-state index contributed by atoms with van der Waals surface area (Å²) in [6.45, 7) is 2.24. The summed E-state index contributed by atoms with van der Waals surface area (Å²) in [5, 5.41) is 18.0. The highest BCUT2D eigenvalue weighted by molar-refractivity contribution is 5.80. The molecule has 0 heterocycles. The van der Waals surface area contributed by atoms with E-state index in [-0.39, 0.29) is 5.76 Å². The Hall–Kier alpha value is -1.77. The number of rotatable bonds is 14. The minimum atomic E-state index is -0.970. The molecule has 0 radical (unpaired) electrons. The largest absolute Gasteiger partial charge is 0.508 e. The summed E-state index contributed by atoms with van der Waals surface area (Å²) in [6.07, 6.45) is 23.5. The van der Waals surface area contributed by atoms with Gasteiger partial charge in [0.15, 0.2) is 0 Å². The highest BCUT2D eigenvalue weighted by Gasteiger charge is 1.92. The number of carboxylic acids is 1. The van der Waals surface area contributed by atoms with Crippen molar-refractivity contribution in [2.75, 3.05) is 0 Å². The third kappa shape index (κ3) is 18.2. The molecule has 0 aromatic rings. The summed E-state index contributed by atoms with van der Waals surface area (Å²) in [4.78, 5) is 10.2. The molecular weight excluding hydrogens is 288 g/mol. The molecule has 2 N–H and O–H groups in total. The number of hydrogen-bond donors (Lipinski definition) is 2. The Balaban J connectivity index is 3.57. The van der Waals surface area contributed by atoms with Gasteiger partial charge in [-0.15, -0.1) is 0 Å².